The van der Waals surface area contributed by atoms with E-state index in [0.29, 0.717) is 35.4 Å². The van der Waals surface area contributed by atoms with E-state index in [1.165, 1.54) is 24.9 Å². The number of pyridine rings is 1. The van der Waals surface area contributed by atoms with Gasteiger partial charge in [-0.2, -0.15) is 0 Å². The van der Waals surface area contributed by atoms with Gasteiger partial charge in [0.2, 0.25) is 5.88 Å². The van der Waals surface area contributed by atoms with Crippen LogP contribution in [0.3, 0.4) is 0 Å². The van der Waals surface area contributed by atoms with Gasteiger partial charge in [0.1, 0.15) is 5.56 Å². The van der Waals surface area contributed by atoms with Gasteiger partial charge in [0.05, 0.1) is 30.4 Å². The molecule has 2 aliphatic rings. The second-order valence-electron chi connectivity index (χ2n) is 12.3. The van der Waals surface area contributed by atoms with Crippen LogP contribution in [0, 0.1) is 12.8 Å². The maximum atomic E-state index is 13.2. The Labute approximate surface area is 283 Å². The summed E-state index contributed by atoms with van der Waals surface area (Å²) in [6.45, 7) is 5.55. The number of carbonyl (C=O) groups excluding carboxylic acids is 2. The lowest BCUT2D eigenvalue weighted by atomic mass is 9.96. The average Bonchev–Trinajstić information content (AvgIpc) is 3.74. The lowest BCUT2D eigenvalue weighted by molar-refractivity contribution is -0.147. The molecular formula is C36H38ClN5O6. The molecule has 1 fully saturated rings. The van der Waals surface area contributed by atoms with Gasteiger partial charge in [0, 0.05) is 55.3 Å². The number of likely N-dealkylation sites (tertiary alicyclic amines) is 1. The summed E-state index contributed by atoms with van der Waals surface area (Å²) in [7, 11) is 4.45. The van der Waals surface area contributed by atoms with Crippen molar-refractivity contribution in [2.45, 2.75) is 39.2 Å². The zero-order valence-corrected chi connectivity index (χ0v) is 28.4. The molecule has 1 N–H and O–H groups in total. The monoisotopic (exact) mass is 671 g/mol. The molecule has 6 rings (SSSR count). The van der Waals surface area contributed by atoms with Crippen molar-refractivity contribution in [1.29, 1.82) is 0 Å². The molecule has 1 aliphatic heterocycles. The predicted octanol–water partition coefficient (Wildman–Crippen LogP) is 4.91. The topological polar surface area (TPSA) is 125 Å². The van der Waals surface area contributed by atoms with Gasteiger partial charge in [-0.3, -0.25) is 23.9 Å². The van der Waals surface area contributed by atoms with Gasteiger partial charge in [-0.25, -0.2) is 9.78 Å². The Morgan fingerprint density at radius 3 is 2.54 bits per heavy atom. The molecule has 4 aromatic rings. The number of hydrogen-bond donors (Lipinski definition) is 1. The van der Waals surface area contributed by atoms with Crippen LogP contribution in [0.15, 0.2) is 58.3 Å². The summed E-state index contributed by atoms with van der Waals surface area (Å²) in [6, 6.07) is 13.4. The van der Waals surface area contributed by atoms with Crippen LogP contribution in [-0.4, -0.2) is 57.7 Å². The first-order valence-electron chi connectivity index (χ1n) is 16.0. The molecule has 1 aliphatic carbocycles. The SMILES string of the molecule is CCOC(=O)[C@@H]1CCN([C@@H]2CCc3cc(-c4cccc(-c5cccc(NC(=O)c6cn(C)c(=O)n(C)c6=O)c5C)c4Cl)nc(OC)c32)C1. The highest BCUT2D eigenvalue weighted by Crippen LogP contribution is 2.46. The Balaban J connectivity index is 1.30. The molecular weight excluding hydrogens is 634 g/mol. The third-order valence-electron chi connectivity index (χ3n) is 9.44. The molecule has 1 amide bonds. The number of nitrogens with zero attached hydrogens (tertiary/aromatic N) is 4. The third kappa shape index (κ3) is 5.92. The summed E-state index contributed by atoms with van der Waals surface area (Å²) < 4.78 is 13.2. The van der Waals surface area contributed by atoms with Crippen LogP contribution in [0.25, 0.3) is 22.4 Å². The van der Waals surface area contributed by atoms with Crippen LogP contribution in [0.2, 0.25) is 5.02 Å². The van der Waals surface area contributed by atoms with E-state index >= 15 is 0 Å². The zero-order chi connectivity index (χ0) is 34.3. The van der Waals surface area contributed by atoms with Gasteiger partial charge < -0.3 is 19.4 Å². The van der Waals surface area contributed by atoms with Gasteiger partial charge >= 0.3 is 11.7 Å². The largest absolute Gasteiger partial charge is 0.481 e. The van der Waals surface area contributed by atoms with E-state index in [2.05, 4.69) is 16.3 Å². The third-order valence-corrected chi connectivity index (χ3v) is 9.85. The fourth-order valence-electron chi connectivity index (χ4n) is 6.92. The minimum absolute atomic E-state index is 0.110. The number of rotatable bonds is 8. The molecule has 0 saturated carbocycles. The molecule has 250 valence electrons. The quantitative estimate of drug-likeness (QED) is 0.262. The molecule has 0 unspecified atom stereocenters. The Hall–Kier alpha value is -4.74. The van der Waals surface area contributed by atoms with Crippen molar-refractivity contribution in [1.82, 2.24) is 19.0 Å². The van der Waals surface area contributed by atoms with Gasteiger partial charge in [-0.1, -0.05) is 41.9 Å². The summed E-state index contributed by atoms with van der Waals surface area (Å²) in [5, 5.41) is 3.33. The predicted molar refractivity (Wildman–Crippen MR) is 184 cm³/mol. The Morgan fingerprint density at radius 1 is 1.06 bits per heavy atom. The number of carbonyl (C=O) groups is 2. The molecule has 0 radical (unpaired) electrons. The number of amides is 1. The number of aryl methyl sites for hydroxylation is 2. The molecule has 3 heterocycles. The smallest absolute Gasteiger partial charge is 0.330 e. The molecule has 12 heteroatoms. The summed E-state index contributed by atoms with van der Waals surface area (Å²) in [5.41, 5.74) is 5.10. The molecule has 0 bridgehead atoms. The fourth-order valence-corrected chi connectivity index (χ4v) is 7.24. The first-order valence-corrected chi connectivity index (χ1v) is 16.4. The number of methoxy groups -OCH3 is 1. The van der Waals surface area contributed by atoms with E-state index in [9.17, 15) is 19.2 Å². The Kier molecular flexibility index (Phi) is 9.26. The fraction of sp³-hybridized carbons (Fsp3) is 0.361. The minimum Gasteiger partial charge on any atom is -0.481 e. The van der Waals surface area contributed by atoms with E-state index in [0.717, 1.165) is 63.8 Å². The van der Waals surface area contributed by atoms with Crippen LogP contribution in [0.4, 0.5) is 5.69 Å². The van der Waals surface area contributed by atoms with E-state index < -0.39 is 17.2 Å². The Bertz CT molecular complexity index is 2050. The maximum Gasteiger partial charge on any atom is 0.330 e. The molecule has 11 nitrogen and oxygen atoms in total. The van der Waals surface area contributed by atoms with Crippen molar-refractivity contribution < 1.29 is 19.1 Å². The first kappa shape index (κ1) is 33.2. The minimum atomic E-state index is -0.676. The summed E-state index contributed by atoms with van der Waals surface area (Å²) in [4.78, 5) is 57.6. The summed E-state index contributed by atoms with van der Waals surface area (Å²) in [5.74, 6) is -0.322. The van der Waals surface area contributed by atoms with E-state index in [4.69, 9.17) is 26.1 Å². The van der Waals surface area contributed by atoms with Crippen molar-refractivity contribution in [3.05, 3.63) is 96.8 Å². The van der Waals surface area contributed by atoms with Crippen LogP contribution < -0.4 is 21.3 Å². The average molecular weight is 672 g/mol. The summed E-state index contributed by atoms with van der Waals surface area (Å²) in [6.07, 6.45) is 3.77. The molecule has 0 spiro atoms. The van der Waals surface area contributed by atoms with Crippen molar-refractivity contribution in [2.75, 3.05) is 32.1 Å². The van der Waals surface area contributed by atoms with Crippen LogP contribution in [-0.2, 0) is 30.0 Å². The normalized spacial score (nSPS) is 17.3. The molecule has 1 saturated heterocycles. The van der Waals surface area contributed by atoms with Gasteiger partial charge in [0.25, 0.3) is 11.5 Å². The van der Waals surface area contributed by atoms with Crippen LogP contribution in [0.1, 0.15) is 52.9 Å². The number of anilines is 1. The molecule has 2 aromatic heterocycles. The van der Waals surface area contributed by atoms with Gasteiger partial charge in [-0.15, -0.1) is 0 Å². The highest BCUT2D eigenvalue weighted by molar-refractivity contribution is 6.36. The van der Waals surface area contributed by atoms with E-state index in [1.54, 1.807) is 13.2 Å². The standard InChI is InChI=1S/C36H38ClN5O6/c1-6-48-35(45)22-15-16-42(18-22)29-14-13-21-17-28(39-33(47-5)30(21)29)25-11-7-10-24(31(25)37)23-9-8-12-27(20(23)2)38-32(43)26-19-40(3)36(46)41(4)34(26)44/h7-12,17,19,22,29H,6,13-16,18H2,1-5H3,(H,38,43)/t22-,29-/m1/s1. The van der Waals surface area contributed by atoms with Gasteiger partial charge in [-0.05, 0) is 68.5 Å². The number of esters is 1. The zero-order valence-electron chi connectivity index (χ0n) is 27.6. The molecule has 2 atom stereocenters. The highest BCUT2D eigenvalue weighted by Gasteiger charge is 2.38. The maximum absolute atomic E-state index is 13.2. The van der Waals surface area contributed by atoms with Crippen LogP contribution in [0.5, 0.6) is 5.88 Å². The number of aromatic nitrogens is 3. The number of ether oxygens (including phenoxy) is 2. The number of benzene rings is 2. The molecule has 2 aromatic carbocycles. The van der Waals surface area contributed by atoms with E-state index in [-0.39, 0.29) is 23.5 Å². The lowest BCUT2D eigenvalue weighted by Crippen LogP contribution is -2.40. The van der Waals surface area contributed by atoms with Gasteiger partial charge in [0.15, 0.2) is 0 Å². The number of fused-ring (bicyclic) bond motifs is 1. The lowest BCUT2D eigenvalue weighted by Gasteiger charge is -2.25. The summed E-state index contributed by atoms with van der Waals surface area (Å²) >= 11 is 7.13. The number of hydrogen-bond acceptors (Lipinski definition) is 8. The first-order chi connectivity index (χ1) is 23.0. The van der Waals surface area contributed by atoms with Crippen molar-refractivity contribution in [3.8, 4) is 28.3 Å². The molecule has 48 heavy (non-hydrogen) atoms. The number of nitrogens with one attached hydrogen (secondary N) is 1. The second kappa shape index (κ2) is 13.4. The second-order valence-corrected chi connectivity index (χ2v) is 12.7. The van der Waals surface area contributed by atoms with Crippen LogP contribution >= 0.6 is 11.6 Å². The van der Waals surface area contributed by atoms with Crippen molar-refractivity contribution in [3.63, 3.8) is 0 Å². The van der Waals surface area contributed by atoms with Crippen molar-refractivity contribution in [2.24, 2.45) is 20.0 Å². The Morgan fingerprint density at radius 2 is 1.79 bits per heavy atom. The number of halogens is 1. The van der Waals surface area contributed by atoms with Crippen molar-refractivity contribution >= 4 is 29.2 Å². The highest BCUT2D eigenvalue weighted by atomic mass is 35.5. The van der Waals surface area contributed by atoms with E-state index in [1.807, 2.05) is 44.2 Å².